The molecular weight excluding hydrogens is 164 g/mol. The highest BCUT2D eigenvalue weighted by Gasteiger charge is 2.21. The molecule has 1 saturated heterocycles. The minimum Gasteiger partial charge on any atom is -0.373 e. The number of rotatable bonds is 1. The third-order valence-electron chi connectivity index (χ3n) is 2.64. The van der Waals surface area contributed by atoms with E-state index in [4.69, 9.17) is 4.74 Å². The van der Waals surface area contributed by atoms with Crippen LogP contribution in [0, 0.1) is 5.92 Å². The van der Waals surface area contributed by atoms with Gasteiger partial charge in [-0.05, 0) is 18.8 Å². The summed E-state index contributed by atoms with van der Waals surface area (Å²) in [4.78, 5) is 0. The first-order chi connectivity index (χ1) is 6.25. The molecule has 0 saturated carbocycles. The number of aromatic nitrogens is 2. The Morgan fingerprint density at radius 2 is 2.46 bits per heavy atom. The molecule has 1 aromatic heterocycles. The highest BCUT2D eigenvalue weighted by Crippen LogP contribution is 2.30. The van der Waals surface area contributed by atoms with Gasteiger partial charge in [0, 0.05) is 25.4 Å². The largest absolute Gasteiger partial charge is 0.373 e. The van der Waals surface area contributed by atoms with Crippen molar-refractivity contribution in [2.75, 3.05) is 6.61 Å². The molecule has 0 aliphatic carbocycles. The van der Waals surface area contributed by atoms with E-state index < -0.39 is 0 Å². The van der Waals surface area contributed by atoms with Gasteiger partial charge in [-0.25, -0.2) is 0 Å². The summed E-state index contributed by atoms with van der Waals surface area (Å²) in [6, 6.07) is 0. The highest BCUT2D eigenvalue weighted by atomic mass is 16.5. The maximum Gasteiger partial charge on any atom is 0.0857 e. The molecule has 3 heteroatoms. The Morgan fingerprint density at radius 3 is 3.08 bits per heavy atom. The van der Waals surface area contributed by atoms with E-state index in [1.54, 1.807) is 0 Å². The molecule has 0 N–H and O–H groups in total. The van der Waals surface area contributed by atoms with Crippen molar-refractivity contribution in [3.05, 3.63) is 18.0 Å². The van der Waals surface area contributed by atoms with Gasteiger partial charge in [-0.15, -0.1) is 0 Å². The maximum absolute atomic E-state index is 5.69. The number of nitrogens with zero attached hydrogens (tertiary/aromatic N) is 2. The zero-order chi connectivity index (χ0) is 9.26. The van der Waals surface area contributed by atoms with Gasteiger partial charge in [0.25, 0.3) is 0 Å². The number of aryl methyl sites for hydroxylation is 1. The van der Waals surface area contributed by atoms with Crippen LogP contribution in [-0.4, -0.2) is 16.4 Å². The third-order valence-corrected chi connectivity index (χ3v) is 2.64. The third kappa shape index (κ3) is 1.91. The smallest absolute Gasteiger partial charge is 0.0857 e. The fourth-order valence-electron chi connectivity index (χ4n) is 1.80. The van der Waals surface area contributed by atoms with Crippen molar-refractivity contribution in [3.63, 3.8) is 0 Å². The number of ether oxygens (including phenoxy) is 1. The van der Waals surface area contributed by atoms with Crippen LogP contribution in [0.2, 0.25) is 0 Å². The van der Waals surface area contributed by atoms with Crippen molar-refractivity contribution in [3.8, 4) is 0 Å². The second kappa shape index (κ2) is 3.50. The molecule has 1 aliphatic rings. The van der Waals surface area contributed by atoms with Gasteiger partial charge < -0.3 is 4.74 Å². The van der Waals surface area contributed by atoms with Gasteiger partial charge in [-0.2, -0.15) is 5.10 Å². The molecule has 1 unspecified atom stereocenters. The SMILES string of the molecule is CC1CCO[C@@H](c2cnn(C)c2)C1. The molecule has 0 aromatic carbocycles. The van der Waals surface area contributed by atoms with Crippen molar-refractivity contribution < 1.29 is 4.74 Å². The Labute approximate surface area is 78.7 Å². The standard InChI is InChI=1S/C10H16N2O/c1-8-3-4-13-10(5-8)9-6-11-12(2)7-9/h6-8,10H,3-5H2,1-2H3/t8?,10-/m1/s1. The lowest BCUT2D eigenvalue weighted by Crippen LogP contribution is -2.17. The highest BCUT2D eigenvalue weighted by molar-refractivity contribution is 5.08. The van der Waals surface area contributed by atoms with Crippen molar-refractivity contribution in [2.24, 2.45) is 13.0 Å². The van der Waals surface area contributed by atoms with Crippen LogP contribution in [0.1, 0.15) is 31.4 Å². The van der Waals surface area contributed by atoms with Crippen LogP contribution in [0.3, 0.4) is 0 Å². The van der Waals surface area contributed by atoms with E-state index in [9.17, 15) is 0 Å². The molecule has 2 heterocycles. The summed E-state index contributed by atoms with van der Waals surface area (Å²) in [6.45, 7) is 3.17. The van der Waals surface area contributed by atoms with E-state index in [1.807, 2.05) is 24.1 Å². The van der Waals surface area contributed by atoms with Gasteiger partial charge in [-0.1, -0.05) is 6.92 Å². The Hall–Kier alpha value is -0.830. The summed E-state index contributed by atoms with van der Waals surface area (Å²) in [5, 5.41) is 4.15. The normalized spacial score (nSPS) is 29.1. The molecule has 1 aromatic rings. The van der Waals surface area contributed by atoms with Gasteiger partial charge in [0.2, 0.25) is 0 Å². The molecule has 3 nitrogen and oxygen atoms in total. The van der Waals surface area contributed by atoms with Crippen LogP contribution >= 0.6 is 0 Å². The molecule has 1 fully saturated rings. The monoisotopic (exact) mass is 180 g/mol. The van der Waals surface area contributed by atoms with E-state index in [-0.39, 0.29) is 6.10 Å². The second-order valence-corrected chi connectivity index (χ2v) is 3.94. The quantitative estimate of drug-likeness (QED) is 0.660. The predicted molar refractivity (Wildman–Crippen MR) is 50.3 cm³/mol. The van der Waals surface area contributed by atoms with Crippen LogP contribution in [-0.2, 0) is 11.8 Å². The Bertz CT molecular complexity index is 282. The molecule has 0 spiro atoms. The fraction of sp³-hybridized carbons (Fsp3) is 0.700. The first-order valence-electron chi connectivity index (χ1n) is 4.86. The predicted octanol–water partition coefficient (Wildman–Crippen LogP) is 1.91. The van der Waals surface area contributed by atoms with E-state index in [1.165, 1.54) is 12.0 Å². The molecule has 13 heavy (non-hydrogen) atoms. The Balaban J connectivity index is 2.08. The van der Waals surface area contributed by atoms with Crippen LogP contribution in [0.15, 0.2) is 12.4 Å². The molecule has 2 atom stereocenters. The van der Waals surface area contributed by atoms with Crippen LogP contribution < -0.4 is 0 Å². The number of hydrogen-bond acceptors (Lipinski definition) is 2. The first kappa shape index (κ1) is 8.75. The van der Waals surface area contributed by atoms with Gasteiger partial charge in [-0.3, -0.25) is 4.68 Å². The van der Waals surface area contributed by atoms with E-state index in [0.717, 1.165) is 18.9 Å². The van der Waals surface area contributed by atoms with Crippen molar-refractivity contribution >= 4 is 0 Å². The lowest BCUT2D eigenvalue weighted by molar-refractivity contribution is -0.00636. The molecule has 72 valence electrons. The minimum atomic E-state index is 0.275. The summed E-state index contributed by atoms with van der Waals surface area (Å²) in [5.41, 5.74) is 1.22. The minimum absolute atomic E-state index is 0.275. The van der Waals surface area contributed by atoms with Crippen molar-refractivity contribution in [1.82, 2.24) is 9.78 Å². The second-order valence-electron chi connectivity index (χ2n) is 3.94. The summed E-state index contributed by atoms with van der Waals surface area (Å²) >= 11 is 0. The topological polar surface area (TPSA) is 27.1 Å². The molecular formula is C10H16N2O. The van der Waals surface area contributed by atoms with Crippen LogP contribution in [0.5, 0.6) is 0 Å². The number of hydrogen-bond donors (Lipinski definition) is 0. The maximum atomic E-state index is 5.69. The van der Waals surface area contributed by atoms with E-state index in [0.29, 0.717) is 0 Å². The van der Waals surface area contributed by atoms with E-state index >= 15 is 0 Å². The van der Waals surface area contributed by atoms with Crippen molar-refractivity contribution in [2.45, 2.75) is 25.9 Å². The molecule has 2 rings (SSSR count). The van der Waals surface area contributed by atoms with E-state index in [2.05, 4.69) is 12.0 Å². The average Bonchev–Trinajstić information content (AvgIpc) is 2.52. The van der Waals surface area contributed by atoms with Crippen LogP contribution in [0.4, 0.5) is 0 Å². The zero-order valence-electron chi connectivity index (χ0n) is 8.23. The van der Waals surface area contributed by atoms with Gasteiger partial charge in [0.15, 0.2) is 0 Å². The summed E-state index contributed by atoms with van der Waals surface area (Å²) in [5.74, 6) is 0.777. The average molecular weight is 180 g/mol. The molecule has 0 radical (unpaired) electrons. The lowest BCUT2D eigenvalue weighted by atomic mass is 9.95. The van der Waals surface area contributed by atoms with Gasteiger partial charge in [0.05, 0.1) is 12.3 Å². The van der Waals surface area contributed by atoms with Gasteiger partial charge >= 0.3 is 0 Å². The lowest BCUT2D eigenvalue weighted by Gasteiger charge is -2.26. The zero-order valence-corrected chi connectivity index (χ0v) is 8.23. The Morgan fingerprint density at radius 1 is 1.62 bits per heavy atom. The van der Waals surface area contributed by atoms with Crippen LogP contribution in [0.25, 0.3) is 0 Å². The van der Waals surface area contributed by atoms with Crippen molar-refractivity contribution in [1.29, 1.82) is 0 Å². The summed E-state index contributed by atoms with van der Waals surface area (Å²) < 4.78 is 7.53. The molecule has 1 aliphatic heterocycles. The first-order valence-corrected chi connectivity index (χ1v) is 4.86. The summed E-state index contributed by atoms with van der Waals surface area (Å²) in [7, 11) is 1.94. The molecule has 0 bridgehead atoms. The molecule has 0 amide bonds. The summed E-state index contributed by atoms with van der Waals surface area (Å²) in [6.07, 6.45) is 6.55. The fourth-order valence-corrected chi connectivity index (χ4v) is 1.80. The van der Waals surface area contributed by atoms with Gasteiger partial charge in [0.1, 0.15) is 0 Å². The Kier molecular flexibility index (Phi) is 2.36.